The van der Waals surface area contributed by atoms with Gasteiger partial charge in [-0.05, 0) is 71.3 Å². The molecule has 6 nitrogen and oxygen atoms in total. The third kappa shape index (κ3) is 5.08. The number of hydrogen-bond donors (Lipinski definition) is 2. The molecule has 0 atom stereocenters. The Hall–Kier alpha value is -3.62. The second-order valence-corrected chi connectivity index (χ2v) is 9.95. The van der Waals surface area contributed by atoms with Crippen molar-refractivity contribution >= 4 is 46.1 Å². The van der Waals surface area contributed by atoms with Crippen LogP contribution in [0.15, 0.2) is 93.6 Å². The van der Waals surface area contributed by atoms with E-state index in [1.165, 1.54) is 16.8 Å². The summed E-state index contributed by atoms with van der Waals surface area (Å²) in [5.74, 6) is 2.09. The summed E-state index contributed by atoms with van der Waals surface area (Å²) in [5.41, 5.74) is 11.9. The Morgan fingerprint density at radius 3 is 2.54 bits per heavy atom. The summed E-state index contributed by atoms with van der Waals surface area (Å²) in [6.07, 6.45) is 5.12. The number of nitrogens with zero attached hydrogens (tertiary/aromatic N) is 2. The van der Waals surface area contributed by atoms with Crippen molar-refractivity contribution in [2.75, 3.05) is 23.3 Å². The van der Waals surface area contributed by atoms with Gasteiger partial charge in [-0.15, -0.1) is 11.8 Å². The lowest BCUT2D eigenvalue weighted by molar-refractivity contribution is 0.400. The van der Waals surface area contributed by atoms with Crippen LogP contribution in [0.3, 0.4) is 0 Å². The highest BCUT2D eigenvalue weighted by Crippen LogP contribution is 2.35. The monoisotopic (exact) mass is 500 g/mol. The zero-order valence-electron chi connectivity index (χ0n) is 19.3. The van der Waals surface area contributed by atoms with E-state index in [0.29, 0.717) is 11.7 Å². The third-order valence-electron chi connectivity index (χ3n) is 5.47. The number of thioether (sulfide) groups is 1. The largest absolute Gasteiger partial charge is 0.480 e. The van der Waals surface area contributed by atoms with Crippen molar-refractivity contribution in [3.63, 3.8) is 0 Å². The summed E-state index contributed by atoms with van der Waals surface area (Å²) in [6, 6.07) is 20.6. The molecule has 35 heavy (non-hydrogen) atoms. The standard InChI is InChI=1S/C27H24N4O2S2/c1-3-34-21-7-4-17(5-8-21)23-13-19-12-18(6-9-24(19)30-26(23)28)20-14-25(27(32-2)29-15-20)31-35-22-10-11-33-16-22/h4-16,31H,3H2,1-2H3,(H2,28,30). The fraction of sp³-hybridized carbons (Fsp3) is 0.111. The summed E-state index contributed by atoms with van der Waals surface area (Å²) < 4.78 is 13.9. The highest BCUT2D eigenvalue weighted by atomic mass is 32.2. The molecule has 0 aliphatic heterocycles. The van der Waals surface area contributed by atoms with Crippen LogP contribution in [0, 0.1) is 0 Å². The Morgan fingerprint density at radius 2 is 1.80 bits per heavy atom. The van der Waals surface area contributed by atoms with Crippen molar-refractivity contribution in [3.8, 4) is 28.1 Å². The molecule has 0 saturated carbocycles. The average Bonchev–Trinajstić information content (AvgIpc) is 3.41. The van der Waals surface area contributed by atoms with E-state index in [9.17, 15) is 0 Å². The Kier molecular flexibility index (Phi) is 6.83. The van der Waals surface area contributed by atoms with Crippen molar-refractivity contribution in [1.29, 1.82) is 0 Å². The number of methoxy groups -OCH3 is 1. The van der Waals surface area contributed by atoms with Crippen LogP contribution < -0.4 is 15.2 Å². The lowest BCUT2D eigenvalue weighted by Gasteiger charge is -2.12. The number of ether oxygens (including phenoxy) is 1. The topological polar surface area (TPSA) is 86.2 Å². The number of hydrogen-bond acceptors (Lipinski definition) is 8. The van der Waals surface area contributed by atoms with Gasteiger partial charge in [-0.25, -0.2) is 9.97 Å². The van der Waals surface area contributed by atoms with Gasteiger partial charge in [-0.3, -0.25) is 0 Å². The maximum Gasteiger partial charge on any atom is 0.237 e. The van der Waals surface area contributed by atoms with E-state index in [4.69, 9.17) is 14.9 Å². The molecule has 0 aliphatic carbocycles. The molecular formula is C27H24N4O2S2. The zero-order chi connectivity index (χ0) is 24.2. The van der Waals surface area contributed by atoms with Gasteiger partial charge in [0, 0.05) is 27.6 Å². The second kappa shape index (κ2) is 10.3. The fourth-order valence-corrected chi connectivity index (χ4v) is 5.03. The van der Waals surface area contributed by atoms with Crippen molar-refractivity contribution in [3.05, 3.63) is 79.4 Å². The van der Waals surface area contributed by atoms with Gasteiger partial charge in [0.1, 0.15) is 17.8 Å². The molecule has 8 heteroatoms. The van der Waals surface area contributed by atoms with Gasteiger partial charge < -0.3 is 19.6 Å². The Bertz CT molecular complexity index is 1450. The van der Waals surface area contributed by atoms with Crippen LogP contribution in [-0.2, 0) is 0 Å². The highest BCUT2D eigenvalue weighted by Gasteiger charge is 2.11. The maximum atomic E-state index is 6.33. The fourth-order valence-electron chi connectivity index (χ4n) is 3.77. The minimum atomic E-state index is 0.520. The van der Waals surface area contributed by atoms with Gasteiger partial charge in [-0.1, -0.05) is 25.1 Å². The number of benzene rings is 2. The van der Waals surface area contributed by atoms with Gasteiger partial charge in [0.2, 0.25) is 5.88 Å². The van der Waals surface area contributed by atoms with E-state index in [1.807, 2.05) is 42.2 Å². The van der Waals surface area contributed by atoms with Crippen LogP contribution >= 0.6 is 23.7 Å². The van der Waals surface area contributed by atoms with Crippen LogP contribution in [0.4, 0.5) is 11.5 Å². The number of pyridine rings is 2. The normalized spacial score (nSPS) is 11.0. The Balaban J connectivity index is 1.48. The molecule has 0 amide bonds. The molecule has 0 spiro atoms. The van der Waals surface area contributed by atoms with Gasteiger partial charge >= 0.3 is 0 Å². The summed E-state index contributed by atoms with van der Waals surface area (Å²) in [4.78, 5) is 11.4. The molecule has 0 fully saturated rings. The van der Waals surface area contributed by atoms with Crippen LogP contribution in [0.25, 0.3) is 33.2 Å². The number of nitrogens with one attached hydrogen (secondary N) is 1. The predicted octanol–water partition coefficient (Wildman–Crippen LogP) is 7.38. The minimum Gasteiger partial charge on any atom is -0.480 e. The number of nitrogens with two attached hydrogens (primary N) is 1. The third-order valence-corrected chi connectivity index (χ3v) is 7.16. The molecule has 176 valence electrons. The van der Waals surface area contributed by atoms with E-state index in [0.717, 1.165) is 49.5 Å². The predicted molar refractivity (Wildman–Crippen MR) is 146 cm³/mol. The maximum absolute atomic E-state index is 6.33. The van der Waals surface area contributed by atoms with Crippen molar-refractivity contribution < 1.29 is 9.15 Å². The van der Waals surface area contributed by atoms with Crippen molar-refractivity contribution in [2.24, 2.45) is 0 Å². The smallest absolute Gasteiger partial charge is 0.237 e. The molecule has 3 N–H and O–H groups in total. The van der Waals surface area contributed by atoms with Crippen LogP contribution in [0.1, 0.15) is 6.92 Å². The molecule has 0 unspecified atom stereocenters. The Morgan fingerprint density at radius 1 is 0.971 bits per heavy atom. The van der Waals surface area contributed by atoms with Gasteiger partial charge in [0.25, 0.3) is 0 Å². The van der Waals surface area contributed by atoms with Crippen molar-refractivity contribution in [1.82, 2.24) is 9.97 Å². The van der Waals surface area contributed by atoms with Gasteiger partial charge in [0.15, 0.2) is 0 Å². The van der Waals surface area contributed by atoms with E-state index < -0.39 is 0 Å². The van der Waals surface area contributed by atoms with Crippen molar-refractivity contribution in [2.45, 2.75) is 16.7 Å². The minimum absolute atomic E-state index is 0.520. The average molecular weight is 501 g/mol. The first kappa shape index (κ1) is 23.1. The first-order valence-corrected chi connectivity index (χ1v) is 12.9. The molecule has 0 aliphatic rings. The molecule has 0 radical (unpaired) electrons. The lowest BCUT2D eigenvalue weighted by atomic mass is 10.0. The molecule has 0 bridgehead atoms. The summed E-state index contributed by atoms with van der Waals surface area (Å²) in [6.45, 7) is 2.15. The van der Waals surface area contributed by atoms with E-state index in [1.54, 1.807) is 19.6 Å². The quantitative estimate of drug-likeness (QED) is 0.169. The summed E-state index contributed by atoms with van der Waals surface area (Å²) >= 11 is 3.25. The molecule has 3 heterocycles. The second-order valence-electron chi connectivity index (χ2n) is 7.73. The summed E-state index contributed by atoms with van der Waals surface area (Å²) in [5, 5.41) is 1.01. The Labute approximate surface area is 212 Å². The molecule has 5 aromatic rings. The molecule has 2 aromatic carbocycles. The number of aromatic nitrogens is 2. The number of fused-ring (bicyclic) bond motifs is 1. The molecule has 5 rings (SSSR count). The van der Waals surface area contributed by atoms with Gasteiger partial charge in [0.05, 0.1) is 23.8 Å². The number of rotatable bonds is 8. The van der Waals surface area contributed by atoms with Crippen LogP contribution in [0.5, 0.6) is 5.88 Å². The first-order chi connectivity index (χ1) is 17.1. The van der Waals surface area contributed by atoms with E-state index in [2.05, 4.69) is 58.0 Å². The SMILES string of the molecule is CCSc1ccc(-c2cc3cc(-c4cnc(OC)c(NSc5ccoc5)c4)ccc3nc2N)cc1. The first-order valence-electron chi connectivity index (χ1n) is 11.1. The van der Waals surface area contributed by atoms with Gasteiger partial charge in [-0.2, -0.15) is 0 Å². The number of furan rings is 1. The zero-order valence-corrected chi connectivity index (χ0v) is 21.0. The van der Waals surface area contributed by atoms with Crippen LogP contribution in [0.2, 0.25) is 0 Å². The number of nitrogen functional groups attached to an aromatic ring is 1. The van der Waals surface area contributed by atoms with E-state index in [-0.39, 0.29) is 0 Å². The molecule has 0 saturated heterocycles. The number of anilines is 2. The van der Waals surface area contributed by atoms with E-state index >= 15 is 0 Å². The van der Waals surface area contributed by atoms with Crippen LogP contribution in [-0.4, -0.2) is 22.8 Å². The highest BCUT2D eigenvalue weighted by molar-refractivity contribution is 8.00. The molecule has 3 aromatic heterocycles. The summed E-state index contributed by atoms with van der Waals surface area (Å²) in [7, 11) is 1.61. The lowest BCUT2D eigenvalue weighted by Crippen LogP contribution is -1.97. The molecular weight excluding hydrogens is 476 g/mol.